The van der Waals surface area contributed by atoms with Crippen LogP contribution in [0.15, 0.2) is 34.9 Å². The Balaban J connectivity index is 0.793. The fourth-order valence-electron chi connectivity index (χ4n) is 12.3. The van der Waals surface area contributed by atoms with Crippen LogP contribution >= 0.6 is 0 Å². The van der Waals surface area contributed by atoms with Gasteiger partial charge in [0, 0.05) is 63.1 Å². The number of nitrogens with one attached hydrogen (secondary N) is 2. The summed E-state index contributed by atoms with van der Waals surface area (Å²) in [6, 6.07) is 0.474. The van der Waals surface area contributed by atoms with Crippen LogP contribution in [0.3, 0.4) is 0 Å². The number of fused-ring (bicyclic) bond motifs is 6. The van der Waals surface area contributed by atoms with Gasteiger partial charge in [-0.15, -0.1) is 0 Å². The maximum Gasteiger partial charge on any atom is 0.253 e. The Morgan fingerprint density at radius 2 is 1.70 bits per heavy atom. The van der Waals surface area contributed by atoms with E-state index in [1.165, 1.54) is 31.4 Å². The SMILES string of the molecule is CC1=C2C[C@H]3[C@@H](CC=C4C[C@@H](O)CC[C@@]43C)[C@@H]2CC[C@]12O[C@@H]1C[C@H](C)CN(CCCCCCNC(=O)CCOCCNC(=O)CCN3C(=O)C=CC3=O)C1[C@H]2C. The Bertz CT molecular complexity index is 1570. The largest absolute Gasteiger partial charge is 0.393 e. The summed E-state index contributed by atoms with van der Waals surface area (Å²) in [5, 5.41) is 16.2. The number of aliphatic hydroxyl groups excluding tert-OH is 1. The number of allylic oxidation sites excluding steroid dienone is 2. The molecule has 4 fully saturated rings. The van der Waals surface area contributed by atoms with E-state index in [0.717, 1.165) is 81.7 Å². The number of nitrogens with zero attached hydrogens (tertiary/aromatic N) is 2. The Hall–Kier alpha value is -2.86. The lowest BCUT2D eigenvalue weighted by Gasteiger charge is -2.49. The molecular weight excluding hydrogens is 709 g/mol. The van der Waals surface area contributed by atoms with Gasteiger partial charge < -0.3 is 25.2 Å². The van der Waals surface area contributed by atoms with Crippen molar-refractivity contribution in [3.63, 3.8) is 0 Å². The van der Waals surface area contributed by atoms with E-state index >= 15 is 0 Å². The minimum atomic E-state index is -0.395. The number of carbonyl (C=O) groups is 4. The molecule has 4 amide bonds. The predicted octanol–water partition coefficient (Wildman–Crippen LogP) is 5.23. The van der Waals surface area contributed by atoms with Gasteiger partial charge in [-0.05, 0) is 112 Å². The topological polar surface area (TPSA) is 138 Å². The molecule has 7 aliphatic rings. The standard InChI is InChI=1S/C45H68N4O7/c1-29-25-38-43(31(3)45(56-38)18-14-34-35-10-9-32-26-33(50)13-17-44(32,4)37(35)27-36(34)30(45)2)48(28-29)21-8-6-5-7-19-46-40(52)16-23-55-24-20-47-39(51)15-22-49-41(53)11-12-42(49)54/h9,11-12,29,31,33-35,37-38,43,50H,5-8,10,13-28H2,1-4H3,(H,46,52)(H,47,51)/t29-,31+,33-,34-,35-,37-,38+,43?,44-,45-/m0/s1. The highest BCUT2D eigenvalue weighted by atomic mass is 16.5. The molecule has 0 bridgehead atoms. The molecule has 310 valence electrons. The quantitative estimate of drug-likeness (QED) is 0.110. The molecule has 0 aromatic rings. The minimum absolute atomic E-state index is 0.0276. The van der Waals surface area contributed by atoms with E-state index in [9.17, 15) is 24.3 Å². The number of imide groups is 1. The zero-order chi connectivity index (χ0) is 39.6. The zero-order valence-corrected chi connectivity index (χ0v) is 34.5. The van der Waals surface area contributed by atoms with E-state index in [-0.39, 0.29) is 61.5 Å². The van der Waals surface area contributed by atoms with Crippen molar-refractivity contribution in [2.45, 2.75) is 141 Å². The Morgan fingerprint density at radius 3 is 2.50 bits per heavy atom. The van der Waals surface area contributed by atoms with E-state index in [4.69, 9.17) is 9.47 Å². The molecule has 11 nitrogen and oxygen atoms in total. The maximum atomic E-state index is 12.3. The Labute approximate surface area is 334 Å². The second-order valence-corrected chi connectivity index (χ2v) is 18.6. The van der Waals surface area contributed by atoms with E-state index in [1.54, 1.807) is 16.7 Å². The van der Waals surface area contributed by atoms with Gasteiger partial charge in [-0.3, -0.25) is 29.0 Å². The van der Waals surface area contributed by atoms with Gasteiger partial charge in [0.1, 0.15) is 0 Å². The summed E-state index contributed by atoms with van der Waals surface area (Å²) >= 11 is 0. The van der Waals surface area contributed by atoms with E-state index in [2.05, 4.69) is 49.3 Å². The van der Waals surface area contributed by atoms with E-state index in [0.29, 0.717) is 48.9 Å². The monoisotopic (exact) mass is 777 g/mol. The smallest absolute Gasteiger partial charge is 0.253 e. The Morgan fingerprint density at radius 1 is 0.946 bits per heavy atom. The minimum Gasteiger partial charge on any atom is -0.393 e. The van der Waals surface area contributed by atoms with Crippen molar-refractivity contribution in [2.24, 2.45) is 35.0 Å². The lowest BCUT2D eigenvalue weighted by atomic mass is 9.56. The van der Waals surface area contributed by atoms with Crippen molar-refractivity contribution >= 4 is 23.6 Å². The second-order valence-electron chi connectivity index (χ2n) is 18.6. The molecule has 3 N–H and O–H groups in total. The number of amides is 4. The van der Waals surface area contributed by atoms with Crippen molar-refractivity contribution in [3.05, 3.63) is 34.9 Å². The number of hydrogen-bond donors (Lipinski definition) is 3. The highest BCUT2D eigenvalue weighted by Gasteiger charge is 2.61. The zero-order valence-electron chi connectivity index (χ0n) is 34.5. The fraction of sp³-hybridized carbons (Fsp3) is 0.778. The van der Waals surface area contributed by atoms with Crippen LogP contribution in [0.1, 0.15) is 118 Å². The van der Waals surface area contributed by atoms with Crippen LogP contribution in [0, 0.1) is 35.0 Å². The van der Waals surface area contributed by atoms with Crippen molar-refractivity contribution in [1.29, 1.82) is 0 Å². The molecule has 11 heteroatoms. The van der Waals surface area contributed by atoms with Gasteiger partial charge >= 0.3 is 0 Å². The molecule has 1 spiro atoms. The maximum absolute atomic E-state index is 12.3. The highest BCUT2D eigenvalue weighted by Crippen LogP contribution is 2.65. The first-order valence-corrected chi connectivity index (χ1v) is 22.1. The van der Waals surface area contributed by atoms with Crippen LogP contribution in [0.4, 0.5) is 0 Å². The molecule has 3 aliphatic heterocycles. The lowest BCUT2D eigenvalue weighted by Crippen LogP contribution is -2.52. The van der Waals surface area contributed by atoms with Crippen LogP contribution in [0.25, 0.3) is 0 Å². The third kappa shape index (κ3) is 8.34. The molecule has 4 aliphatic carbocycles. The molecule has 1 unspecified atom stereocenters. The Kier molecular flexibility index (Phi) is 12.9. The van der Waals surface area contributed by atoms with Gasteiger partial charge in [0.15, 0.2) is 0 Å². The normalized spacial score (nSPS) is 36.4. The van der Waals surface area contributed by atoms with Crippen LogP contribution in [0.2, 0.25) is 0 Å². The summed E-state index contributed by atoms with van der Waals surface area (Å²) in [5.74, 6) is 2.18. The van der Waals surface area contributed by atoms with Gasteiger partial charge in [-0.1, -0.05) is 50.8 Å². The summed E-state index contributed by atoms with van der Waals surface area (Å²) < 4.78 is 12.9. The number of unbranched alkanes of at least 4 members (excludes halogenated alkanes) is 3. The molecule has 56 heavy (non-hydrogen) atoms. The molecule has 0 radical (unpaired) electrons. The van der Waals surface area contributed by atoms with Crippen LogP contribution < -0.4 is 10.6 Å². The molecule has 10 atom stereocenters. The van der Waals surface area contributed by atoms with Crippen molar-refractivity contribution in [2.75, 3.05) is 45.9 Å². The summed E-state index contributed by atoms with van der Waals surface area (Å²) in [5.41, 5.74) is 4.98. The average molecular weight is 777 g/mol. The van der Waals surface area contributed by atoms with E-state index in [1.807, 2.05) is 0 Å². The lowest BCUT2D eigenvalue weighted by molar-refractivity contribution is -0.137. The highest BCUT2D eigenvalue weighted by molar-refractivity contribution is 6.13. The number of piperidine rings is 1. The first kappa shape index (κ1) is 41.3. The van der Waals surface area contributed by atoms with Crippen molar-refractivity contribution in [1.82, 2.24) is 20.4 Å². The van der Waals surface area contributed by atoms with Gasteiger partial charge in [-0.25, -0.2) is 0 Å². The molecular formula is C45H68N4O7. The van der Waals surface area contributed by atoms with Crippen molar-refractivity contribution < 1.29 is 33.8 Å². The third-order valence-corrected chi connectivity index (χ3v) is 15.3. The van der Waals surface area contributed by atoms with Crippen LogP contribution in [-0.2, 0) is 28.7 Å². The number of hydrogen-bond acceptors (Lipinski definition) is 8. The predicted molar refractivity (Wildman–Crippen MR) is 214 cm³/mol. The first-order valence-electron chi connectivity index (χ1n) is 22.1. The summed E-state index contributed by atoms with van der Waals surface area (Å²) in [6.07, 6.45) is 18.7. The first-order chi connectivity index (χ1) is 26.9. The fourth-order valence-corrected chi connectivity index (χ4v) is 12.3. The van der Waals surface area contributed by atoms with Gasteiger partial charge in [0.25, 0.3) is 11.8 Å². The third-order valence-electron chi connectivity index (χ3n) is 15.3. The van der Waals surface area contributed by atoms with E-state index < -0.39 is 11.8 Å². The van der Waals surface area contributed by atoms with Crippen molar-refractivity contribution in [3.8, 4) is 0 Å². The summed E-state index contributed by atoms with van der Waals surface area (Å²) in [6.45, 7) is 13.7. The molecule has 3 heterocycles. The number of ether oxygens (including phenoxy) is 2. The molecule has 0 aromatic heterocycles. The number of carbonyl (C=O) groups excluding carboxylic acids is 4. The van der Waals surface area contributed by atoms with Crippen LogP contribution in [0.5, 0.6) is 0 Å². The van der Waals surface area contributed by atoms with Gasteiger partial charge in [0.05, 0.1) is 31.0 Å². The molecule has 0 aromatic carbocycles. The molecule has 7 rings (SSSR count). The average Bonchev–Trinajstić information content (AvgIpc) is 3.81. The molecule has 2 saturated carbocycles. The molecule has 2 saturated heterocycles. The number of rotatable bonds is 16. The van der Waals surface area contributed by atoms with Crippen LogP contribution in [-0.4, -0.2) is 108 Å². The second kappa shape index (κ2) is 17.6. The number of likely N-dealkylation sites (tertiary alicyclic amines) is 1. The van der Waals surface area contributed by atoms with Gasteiger partial charge in [0.2, 0.25) is 11.8 Å². The summed E-state index contributed by atoms with van der Waals surface area (Å²) in [7, 11) is 0. The summed E-state index contributed by atoms with van der Waals surface area (Å²) in [4.78, 5) is 51.2. The number of aliphatic hydroxyl groups is 1. The van der Waals surface area contributed by atoms with Gasteiger partial charge in [-0.2, -0.15) is 0 Å².